The molecule has 39 heavy (non-hydrogen) atoms. The molecule has 0 radical (unpaired) electrons. The minimum absolute atomic E-state index is 0.0315. The monoisotopic (exact) mass is 596 g/mol. The molecule has 4 aliphatic carbocycles. The van der Waals surface area contributed by atoms with E-state index in [0.29, 0.717) is 32.1 Å². The van der Waals surface area contributed by atoms with Crippen molar-refractivity contribution in [1.29, 1.82) is 0 Å². The van der Waals surface area contributed by atoms with Gasteiger partial charge >= 0.3 is 35.3 Å². The lowest BCUT2D eigenvalue weighted by molar-refractivity contribution is -0.349. The van der Waals surface area contributed by atoms with Crippen molar-refractivity contribution >= 4 is 23.5 Å². The number of fused-ring (bicyclic) bond motifs is 5. The average molecular weight is 597 g/mol. The molecular weight excluding hydrogens is 571 g/mol. The average Bonchev–Trinajstić information content (AvgIpc) is 3.13. The SMILES string of the molecule is C[C@]12CC[C@H]3[C@@H](CC=C4C=C(OC(=O)C(F)(F)Cl)CC[C@@]43C)[C@@H]1CC[C@@H]2OC(=O)C(F)(F)C(F)(F)C(F)(F)F. The molecule has 0 aromatic rings. The second-order valence-electron chi connectivity index (χ2n) is 11.3. The van der Waals surface area contributed by atoms with Gasteiger partial charge in [0.1, 0.15) is 11.9 Å². The van der Waals surface area contributed by atoms with E-state index in [9.17, 15) is 49.1 Å². The molecule has 0 amide bonds. The molecule has 0 aliphatic heterocycles. The van der Waals surface area contributed by atoms with E-state index in [-0.39, 0.29) is 36.4 Å². The first kappa shape index (κ1) is 30.0. The third kappa shape index (κ3) is 4.73. The summed E-state index contributed by atoms with van der Waals surface area (Å²) in [6, 6.07) is 0. The Hall–Kier alpha value is -1.92. The molecule has 0 bridgehead atoms. The van der Waals surface area contributed by atoms with Crippen LogP contribution in [-0.2, 0) is 19.1 Å². The standard InChI is InChI=1S/C25H26ClF9O4/c1-20-9-7-13(38-19(37)23(26,29)30)11-12(20)3-4-14-15-5-6-17(21(15,2)10-8-16(14)20)39-18(36)22(27,28)24(31,32)25(33,34)35/h3,11,14-17H,4-10H2,1-2H3/t14-,15-,16-,17-,20-,21-/m0/s1. The van der Waals surface area contributed by atoms with Gasteiger partial charge in [-0.15, -0.1) is 0 Å². The maximum Gasteiger partial charge on any atom is 0.460 e. The summed E-state index contributed by atoms with van der Waals surface area (Å²) in [5.74, 6) is -17.6. The molecule has 4 rings (SSSR count). The van der Waals surface area contributed by atoms with Crippen molar-refractivity contribution in [3.63, 3.8) is 0 Å². The Balaban J connectivity index is 1.52. The number of carbonyl (C=O) groups excluding carboxylic acids is 2. The van der Waals surface area contributed by atoms with Gasteiger partial charge in [0.25, 0.3) is 0 Å². The number of halogens is 10. The smallest absolute Gasteiger partial charge is 0.457 e. The van der Waals surface area contributed by atoms with Gasteiger partial charge in [-0.2, -0.15) is 39.5 Å². The molecular formula is C25H26ClF9O4. The van der Waals surface area contributed by atoms with Crippen LogP contribution in [-0.4, -0.2) is 41.4 Å². The summed E-state index contributed by atoms with van der Waals surface area (Å²) in [7, 11) is 0. The minimum Gasteiger partial charge on any atom is -0.457 e. The van der Waals surface area contributed by atoms with Crippen LogP contribution in [0.1, 0.15) is 58.8 Å². The molecule has 0 heterocycles. The van der Waals surface area contributed by atoms with Crippen LogP contribution < -0.4 is 0 Å². The number of ether oxygens (including phenoxy) is 2. The van der Waals surface area contributed by atoms with E-state index in [1.165, 1.54) is 6.08 Å². The highest BCUT2D eigenvalue weighted by molar-refractivity contribution is 6.31. The van der Waals surface area contributed by atoms with Crippen molar-refractivity contribution in [1.82, 2.24) is 0 Å². The molecule has 0 unspecified atom stereocenters. The lowest BCUT2D eigenvalue weighted by Crippen LogP contribution is -2.58. The Kier molecular flexibility index (Phi) is 7.17. The molecule has 4 nitrogen and oxygen atoms in total. The van der Waals surface area contributed by atoms with Gasteiger partial charge < -0.3 is 9.47 Å². The first-order chi connectivity index (χ1) is 17.7. The van der Waals surface area contributed by atoms with Crippen LogP contribution >= 0.6 is 11.6 Å². The summed E-state index contributed by atoms with van der Waals surface area (Å²) in [6.07, 6.45) is -2.12. The molecule has 2 saturated carbocycles. The highest BCUT2D eigenvalue weighted by Gasteiger charge is 2.77. The van der Waals surface area contributed by atoms with Gasteiger partial charge in [0, 0.05) is 11.8 Å². The normalized spacial score (nSPS) is 35.2. The van der Waals surface area contributed by atoms with Crippen molar-refractivity contribution in [2.45, 2.75) is 88.3 Å². The number of rotatable bonds is 5. The Morgan fingerprint density at radius 3 is 2.15 bits per heavy atom. The molecule has 0 N–H and O–H groups in total. The summed E-state index contributed by atoms with van der Waals surface area (Å²) in [4.78, 5) is 23.5. The third-order valence-corrected chi connectivity index (χ3v) is 9.51. The highest BCUT2D eigenvalue weighted by atomic mass is 35.5. The van der Waals surface area contributed by atoms with Gasteiger partial charge in [-0.25, -0.2) is 9.59 Å². The molecule has 2 fully saturated rings. The zero-order valence-electron chi connectivity index (χ0n) is 20.8. The van der Waals surface area contributed by atoms with E-state index in [1.807, 2.05) is 13.0 Å². The van der Waals surface area contributed by atoms with Crippen molar-refractivity contribution in [3.8, 4) is 0 Å². The van der Waals surface area contributed by atoms with Gasteiger partial charge in [0.05, 0.1) is 0 Å². The number of allylic oxidation sites excluding steroid dienone is 4. The topological polar surface area (TPSA) is 52.6 Å². The van der Waals surface area contributed by atoms with Crippen LogP contribution in [0.25, 0.3) is 0 Å². The number of hydrogen-bond donors (Lipinski definition) is 0. The fraction of sp³-hybridized carbons (Fsp3) is 0.760. The van der Waals surface area contributed by atoms with Gasteiger partial charge in [0.15, 0.2) is 0 Å². The Morgan fingerprint density at radius 2 is 1.56 bits per heavy atom. The van der Waals surface area contributed by atoms with Crippen LogP contribution in [0.15, 0.2) is 23.5 Å². The van der Waals surface area contributed by atoms with E-state index in [4.69, 9.17) is 21.1 Å². The van der Waals surface area contributed by atoms with Crippen molar-refractivity contribution in [2.75, 3.05) is 0 Å². The summed E-state index contributed by atoms with van der Waals surface area (Å²) in [5, 5.41) is -4.17. The second-order valence-corrected chi connectivity index (χ2v) is 11.8. The quantitative estimate of drug-likeness (QED) is 0.187. The van der Waals surface area contributed by atoms with Crippen LogP contribution in [0, 0.1) is 28.6 Å². The third-order valence-electron chi connectivity index (χ3n) is 9.36. The van der Waals surface area contributed by atoms with Gasteiger partial charge in [-0.05, 0) is 84.9 Å². The fourth-order valence-electron chi connectivity index (χ4n) is 7.21. The Bertz CT molecular complexity index is 1100. The molecule has 6 atom stereocenters. The predicted octanol–water partition coefficient (Wildman–Crippen LogP) is 7.56. The second kappa shape index (κ2) is 9.30. The fourth-order valence-corrected chi connectivity index (χ4v) is 7.25. The molecule has 0 aromatic carbocycles. The van der Waals surface area contributed by atoms with Crippen LogP contribution in [0.2, 0.25) is 0 Å². The molecule has 0 spiro atoms. The van der Waals surface area contributed by atoms with E-state index < -0.39 is 52.3 Å². The molecule has 0 saturated heterocycles. The number of esters is 2. The lowest BCUT2D eigenvalue weighted by Gasteiger charge is -2.56. The molecule has 0 aromatic heterocycles. The maximum absolute atomic E-state index is 13.9. The van der Waals surface area contributed by atoms with E-state index in [1.54, 1.807) is 6.92 Å². The van der Waals surface area contributed by atoms with E-state index in [0.717, 1.165) is 5.57 Å². The van der Waals surface area contributed by atoms with Crippen LogP contribution in [0.4, 0.5) is 39.5 Å². The lowest BCUT2D eigenvalue weighted by atomic mass is 9.48. The zero-order chi connectivity index (χ0) is 29.4. The van der Waals surface area contributed by atoms with Crippen molar-refractivity contribution < 1.29 is 58.6 Å². The van der Waals surface area contributed by atoms with E-state index >= 15 is 0 Å². The summed E-state index contributed by atoms with van der Waals surface area (Å²) in [5.41, 5.74) is -0.575. The summed E-state index contributed by atoms with van der Waals surface area (Å²) < 4.78 is 128. The first-order valence-corrected chi connectivity index (χ1v) is 12.8. The maximum atomic E-state index is 13.9. The van der Waals surface area contributed by atoms with Gasteiger partial charge in [-0.1, -0.05) is 19.9 Å². The Labute approximate surface area is 222 Å². The summed E-state index contributed by atoms with van der Waals surface area (Å²) in [6.45, 7) is 3.65. The van der Waals surface area contributed by atoms with Gasteiger partial charge in [-0.3, -0.25) is 0 Å². The minimum atomic E-state index is -6.64. The first-order valence-electron chi connectivity index (χ1n) is 12.4. The number of carbonyl (C=O) groups is 2. The van der Waals surface area contributed by atoms with Crippen molar-refractivity contribution in [2.24, 2.45) is 28.6 Å². The number of alkyl halides is 10. The van der Waals surface area contributed by atoms with Gasteiger partial charge in [0.2, 0.25) is 0 Å². The zero-order valence-corrected chi connectivity index (χ0v) is 21.6. The molecule has 14 heteroatoms. The summed E-state index contributed by atoms with van der Waals surface area (Å²) >= 11 is 4.72. The van der Waals surface area contributed by atoms with Crippen molar-refractivity contribution in [3.05, 3.63) is 23.5 Å². The Morgan fingerprint density at radius 1 is 0.923 bits per heavy atom. The predicted molar refractivity (Wildman–Crippen MR) is 118 cm³/mol. The highest BCUT2D eigenvalue weighted by Crippen LogP contribution is 2.65. The largest absolute Gasteiger partial charge is 0.460 e. The van der Waals surface area contributed by atoms with Crippen LogP contribution in [0.3, 0.4) is 0 Å². The van der Waals surface area contributed by atoms with Crippen LogP contribution in [0.5, 0.6) is 0 Å². The molecule has 4 aliphatic rings. The number of hydrogen-bond acceptors (Lipinski definition) is 4. The van der Waals surface area contributed by atoms with E-state index in [2.05, 4.69) is 0 Å². The molecule has 220 valence electrons.